The molecule has 0 heteroatoms. The van der Waals surface area contributed by atoms with Crippen LogP contribution in [0, 0.1) is 13.8 Å². The fourth-order valence-corrected chi connectivity index (χ4v) is 2.06. The van der Waals surface area contributed by atoms with Gasteiger partial charge < -0.3 is 0 Å². The summed E-state index contributed by atoms with van der Waals surface area (Å²) in [5.41, 5.74) is 6.44. The molecular weight excluding hydrogens is 192 g/mol. The third-order valence-electron chi connectivity index (χ3n) is 2.92. The van der Waals surface area contributed by atoms with Gasteiger partial charge in [-0.1, -0.05) is 55.1 Å². The molecule has 0 saturated carbocycles. The van der Waals surface area contributed by atoms with Crippen molar-refractivity contribution in [3.63, 3.8) is 0 Å². The van der Waals surface area contributed by atoms with Crippen molar-refractivity contribution in [2.45, 2.75) is 13.8 Å². The Morgan fingerprint density at radius 2 is 1.44 bits per heavy atom. The van der Waals surface area contributed by atoms with Gasteiger partial charge in [-0.05, 0) is 41.7 Å². The second kappa shape index (κ2) is 4.36. The van der Waals surface area contributed by atoms with E-state index in [1.165, 1.54) is 22.3 Å². The third-order valence-corrected chi connectivity index (χ3v) is 2.92. The van der Waals surface area contributed by atoms with Crippen LogP contribution in [-0.2, 0) is 0 Å². The van der Waals surface area contributed by atoms with Gasteiger partial charge in [-0.2, -0.15) is 0 Å². The molecule has 0 radical (unpaired) electrons. The summed E-state index contributed by atoms with van der Waals surface area (Å²) in [6.07, 6.45) is 1.87. The largest absolute Gasteiger partial charge is 0.0985 e. The maximum absolute atomic E-state index is 3.77. The minimum atomic E-state index is 1.16. The standard InChI is InChI=1S/C16H16/c1-4-14-8-10-15(11-9-14)16-12(2)6-5-7-13(16)3/h4-11H,1H2,2-3H3. The highest BCUT2D eigenvalue weighted by Gasteiger charge is 2.04. The zero-order valence-electron chi connectivity index (χ0n) is 9.83. The highest BCUT2D eigenvalue weighted by atomic mass is 14.1. The fourth-order valence-electron chi connectivity index (χ4n) is 2.06. The van der Waals surface area contributed by atoms with E-state index in [-0.39, 0.29) is 0 Å². The molecule has 0 atom stereocenters. The molecule has 0 aliphatic heterocycles. The summed E-state index contributed by atoms with van der Waals surface area (Å²) in [4.78, 5) is 0. The molecule has 2 rings (SSSR count). The van der Waals surface area contributed by atoms with Gasteiger partial charge in [-0.15, -0.1) is 0 Å². The van der Waals surface area contributed by atoms with Crippen LogP contribution in [0.2, 0.25) is 0 Å². The van der Waals surface area contributed by atoms with Crippen LogP contribution in [0.3, 0.4) is 0 Å². The zero-order chi connectivity index (χ0) is 11.5. The summed E-state index contributed by atoms with van der Waals surface area (Å²) < 4.78 is 0. The summed E-state index contributed by atoms with van der Waals surface area (Å²) in [6, 6.07) is 14.9. The molecular formula is C16H16. The monoisotopic (exact) mass is 208 g/mol. The molecule has 0 N–H and O–H groups in total. The molecule has 0 unspecified atom stereocenters. The van der Waals surface area contributed by atoms with Crippen LogP contribution in [-0.4, -0.2) is 0 Å². The van der Waals surface area contributed by atoms with Gasteiger partial charge >= 0.3 is 0 Å². The molecule has 0 fully saturated rings. The molecule has 0 nitrogen and oxygen atoms in total. The van der Waals surface area contributed by atoms with E-state index in [9.17, 15) is 0 Å². The van der Waals surface area contributed by atoms with Gasteiger partial charge in [0.25, 0.3) is 0 Å². The Hall–Kier alpha value is -1.82. The summed E-state index contributed by atoms with van der Waals surface area (Å²) in [5.74, 6) is 0. The van der Waals surface area contributed by atoms with Crippen molar-refractivity contribution in [1.29, 1.82) is 0 Å². The topological polar surface area (TPSA) is 0 Å². The van der Waals surface area contributed by atoms with Gasteiger partial charge in [-0.3, -0.25) is 0 Å². The molecule has 0 amide bonds. The molecule has 80 valence electrons. The van der Waals surface area contributed by atoms with Crippen molar-refractivity contribution >= 4 is 6.08 Å². The van der Waals surface area contributed by atoms with Crippen LogP contribution in [0.4, 0.5) is 0 Å². The lowest BCUT2D eigenvalue weighted by molar-refractivity contribution is 1.38. The highest BCUT2D eigenvalue weighted by Crippen LogP contribution is 2.27. The van der Waals surface area contributed by atoms with Gasteiger partial charge in [0.1, 0.15) is 0 Å². The Balaban J connectivity index is 2.54. The molecule has 0 aliphatic rings. The van der Waals surface area contributed by atoms with E-state index in [2.05, 4.69) is 62.9 Å². The van der Waals surface area contributed by atoms with Crippen molar-refractivity contribution in [3.05, 3.63) is 65.7 Å². The first-order valence-electron chi connectivity index (χ1n) is 5.51. The van der Waals surface area contributed by atoms with E-state index in [1.54, 1.807) is 0 Å². The normalized spacial score (nSPS) is 10.1. The first-order valence-corrected chi connectivity index (χ1v) is 5.51. The van der Waals surface area contributed by atoms with E-state index >= 15 is 0 Å². The van der Waals surface area contributed by atoms with E-state index in [4.69, 9.17) is 0 Å². The van der Waals surface area contributed by atoms with Crippen LogP contribution in [0.15, 0.2) is 49.0 Å². The summed E-state index contributed by atoms with van der Waals surface area (Å²) in [7, 11) is 0. The second-order valence-electron chi connectivity index (χ2n) is 4.09. The minimum absolute atomic E-state index is 1.16. The quantitative estimate of drug-likeness (QED) is 0.676. The molecule has 0 spiro atoms. The fraction of sp³-hybridized carbons (Fsp3) is 0.125. The maximum Gasteiger partial charge on any atom is -0.0125 e. The van der Waals surface area contributed by atoms with Gasteiger partial charge in [0.05, 0.1) is 0 Å². The first-order chi connectivity index (χ1) is 7.72. The molecule has 16 heavy (non-hydrogen) atoms. The second-order valence-corrected chi connectivity index (χ2v) is 4.09. The Morgan fingerprint density at radius 3 is 1.94 bits per heavy atom. The third kappa shape index (κ3) is 1.92. The Labute approximate surface area is 97.3 Å². The van der Waals surface area contributed by atoms with E-state index in [0.717, 1.165) is 5.56 Å². The van der Waals surface area contributed by atoms with E-state index in [0.29, 0.717) is 0 Å². The molecule has 0 bridgehead atoms. The summed E-state index contributed by atoms with van der Waals surface area (Å²) in [6.45, 7) is 8.08. The van der Waals surface area contributed by atoms with Crippen molar-refractivity contribution in [2.24, 2.45) is 0 Å². The number of rotatable bonds is 2. The highest BCUT2D eigenvalue weighted by molar-refractivity contribution is 5.71. The van der Waals surface area contributed by atoms with Crippen LogP contribution in [0.1, 0.15) is 16.7 Å². The van der Waals surface area contributed by atoms with E-state index in [1.807, 2.05) is 6.08 Å². The van der Waals surface area contributed by atoms with E-state index < -0.39 is 0 Å². The molecule has 2 aromatic rings. The Bertz CT molecular complexity index is 484. The van der Waals surface area contributed by atoms with Crippen molar-refractivity contribution in [2.75, 3.05) is 0 Å². The number of benzene rings is 2. The average Bonchev–Trinajstić information content (AvgIpc) is 2.30. The number of hydrogen-bond acceptors (Lipinski definition) is 0. The van der Waals surface area contributed by atoms with Crippen molar-refractivity contribution in [3.8, 4) is 11.1 Å². The zero-order valence-corrected chi connectivity index (χ0v) is 9.83. The molecule has 0 aliphatic carbocycles. The minimum Gasteiger partial charge on any atom is -0.0985 e. The lowest BCUT2D eigenvalue weighted by Crippen LogP contribution is -1.87. The van der Waals surface area contributed by atoms with Crippen LogP contribution < -0.4 is 0 Å². The van der Waals surface area contributed by atoms with Crippen LogP contribution in [0.25, 0.3) is 17.2 Å². The van der Waals surface area contributed by atoms with Crippen molar-refractivity contribution < 1.29 is 0 Å². The SMILES string of the molecule is C=Cc1ccc(-c2c(C)cccc2C)cc1. The van der Waals surface area contributed by atoms with Crippen LogP contribution >= 0.6 is 0 Å². The Morgan fingerprint density at radius 1 is 0.875 bits per heavy atom. The molecule has 0 aromatic heterocycles. The van der Waals surface area contributed by atoms with Crippen LogP contribution in [0.5, 0.6) is 0 Å². The predicted molar refractivity (Wildman–Crippen MR) is 71.4 cm³/mol. The maximum atomic E-state index is 3.77. The van der Waals surface area contributed by atoms with Gasteiger partial charge in [0.15, 0.2) is 0 Å². The lowest BCUT2D eigenvalue weighted by Gasteiger charge is -2.09. The summed E-state index contributed by atoms with van der Waals surface area (Å²) >= 11 is 0. The molecule has 0 saturated heterocycles. The summed E-state index contributed by atoms with van der Waals surface area (Å²) in [5, 5.41) is 0. The van der Waals surface area contributed by atoms with Crippen molar-refractivity contribution in [1.82, 2.24) is 0 Å². The Kier molecular flexibility index (Phi) is 2.91. The first kappa shape index (κ1) is 10.7. The molecule has 0 heterocycles. The number of hydrogen-bond donors (Lipinski definition) is 0. The molecule has 2 aromatic carbocycles. The van der Waals surface area contributed by atoms with Gasteiger partial charge in [0.2, 0.25) is 0 Å². The number of aryl methyl sites for hydroxylation is 2. The average molecular weight is 208 g/mol. The van der Waals surface area contributed by atoms with Gasteiger partial charge in [0, 0.05) is 0 Å². The van der Waals surface area contributed by atoms with Gasteiger partial charge in [-0.25, -0.2) is 0 Å². The lowest BCUT2D eigenvalue weighted by atomic mass is 9.95. The predicted octanol–water partition coefficient (Wildman–Crippen LogP) is 4.61. The smallest absolute Gasteiger partial charge is 0.0125 e.